The molecule has 2 heteroatoms. The van der Waals surface area contributed by atoms with Crippen LogP contribution < -0.4 is 0 Å². The summed E-state index contributed by atoms with van der Waals surface area (Å²) in [5, 5.41) is 0. The van der Waals surface area contributed by atoms with E-state index >= 15 is 0 Å². The standard InChI is InChI=1S/C10H11OP/c12-11-10-7-3-5-8-4-1-2-6-9(8)10/h1-6,10H,7,12H2. The third-order valence-corrected chi connectivity index (χ3v) is 2.48. The second-order valence-electron chi connectivity index (χ2n) is 2.89. The van der Waals surface area contributed by atoms with Crippen molar-refractivity contribution >= 4 is 15.5 Å². The molecular weight excluding hydrogens is 167 g/mol. The lowest BCUT2D eigenvalue weighted by atomic mass is 9.95. The fraction of sp³-hybridized carbons (Fsp3) is 0.200. The van der Waals surface area contributed by atoms with Gasteiger partial charge in [0.25, 0.3) is 0 Å². The van der Waals surface area contributed by atoms with Crippen LogP contribution in [0.3, 0.4) is 0 Å². The summed E-state index contributed by atoms with van der Waals surface area (Å²) in [7, 11) is 2.33. The largest absolute Gasteiger partial charge is 0.357 e. The topological polar surface area (TPSA) is 9.23 Å². The van der Waals surface area contributed by atoms with E-state index in [1.807, 2.05) is 6.07 Å². The lowest BCUT2D eigenvalue weighted by Gasteiger charge is -2.19. The fourth-order valence-electron chi connectivity index (χ4n) is 1.53. The van der Waals surface area contributed by atoms with E-state index in [0.29, 0.717) is 0 Å². The minimum atomic E-state index is 0.219. The Labute approximate surface area is 74.7 Å². The monoisotopic (exact) mass is 178 g/mol. The normalized spacial score (nSPS) is 20.6. The smallest absolute Gasteiger partial charge is 0.0900 e. The van der Waals surface area contributed by atoms with Crippen LogP contribution in [0.5, 0.6) is 0 Å². The van der Waals surface area contributed by atoms with E-state index < -0.39 is 0 Å². The molecule has 0 amide bonds. The average molecular weight is 178 g/mol. The molecule has 0 spiro atoms. The molecule has 1 aromatic rings. The van der Waals surface area contributed by atoms with Crippen LogP contribution in [0.2, 0.25) is 0 Å². The van der Waals surface area contributed by atoms with Gasteiger partial charge in [0.2, 0.25) is 0 Å². The van der Waals surface area contributed by atoms with Crippen LogP contribution in [0.1, 0.15) is 23.7 Å². The summed E-state index contributed by atoms with van der Waals surface area (Å²) in [5.41, 5.74) is 2.56. The SMILES string of the molecule is POC1CC=Cc2ccccc21. The van der Waals surface area contributed by atoms with Gasteiger partial charge >= 0.3 is 0 Å². The maximum atomic E-state index is 5.28. The molecule has 2 rings (SSSR count). The Bertz CT molecular complexity index is 306. The number of fused-ring (bicyclic) bond motifs is 1. The van der Waals surface area contributed by atoms with Gasteiger partial charge in [-0.2, -0.15) is 0 Å². The summed E-state index contributed by atoms with van der Waals surface area (Å²) < 4.78 is 5.28. The first-order valence-corrected chi connectivity index (χ1v) is 4.50. The Morgan fingerprint density at radius 1 is 1.33 bits per heavy atom. The maximum absolute atomic E-state index is 5.28. The molecule has 0 radical (unpaired) electrons. The van der Waals surface area contributed by atoms with Crippen molar-refractivity contribution in [2.75, 3.05) is 0 Å². The number of rotatable bonds is 1. The highest BCUT2D eigenvalue weighted by Crippen LogP contribution is 2.31. The lowest BCUT2D eigenvalue weighted by Crippen LogP contribution is -2.02. The molecule has 0 saturated heterocycles. The summed E-state index contributed by atoms with van der Waals surface area (Å²) in [4.78, 5) is 0. The van der Waals surface area contributed by atoms with E-state index in [9.17, 15) is 0 Å². The fourth-order valence-corrected chi connectivity index (χ4v) is 1.79. The van der Waals surface area contributed by atoms with E-state index in [1.54, 1.807) is 0 Å². The Balaban J connectivity index is 2.45. The summed E-state index contributed by atoms with van der Waals surface area (Å²) in [6, 6.07) is 8.33. The zero-order valence-electron chi connectivity index (χ0n) is 6.73. The molecule has 0 saturated carbocycles. The molecule has 0 heterocycles. The summed E-state index contributed by atoms with van der Waals surface area (Å²) in [6.07, 6.45) is 5.49. The van der Waals surface area contributed by atoms with Crippen molar-refractivity contribution in [2.45, 2.75) is 12.5 Å². The van der Waals surface area contributed by atoms with Crippen molar-refractivity contribution in [1.29, 1.82) is 0 Å². The van der Waals surface area contributed by atoms with Gasteiger partial charge in [0.1, 0.15) is 0 Å². The van der Waals surface area contributed by atoms with Crippen LogP contribution in [-0.2, 0) is 4.52 Å². The van der Waals surface area contributed by atoms with Gasteiger partial charge < -0.3 is 4.52 Å². The summed E-state index contributed by atoms with van der Waals surface area (Å²) >= 11 is 0. The van der Waals surface area contributed by atoms with Crippen LogP contribution in [0, 0.1) is 0 Å². The van der Waals surface area contributed by atoms with Crippen molar-refractivity contribution < 1.29 is 4.52 Å². The second kappa shape index (κ2) is 3.38. The van der Waals surface area contributed by atoms with Crippen LogP contribution in [0.25, 0.3) is 6.08 Å². The molecule has 0 bridgehead atoms. The van der Waals surface area contributed by atoms with Crippen LogP contribution in [0.4, 0.5) is 0 Å². The van der Waals surface area contributed by atoms with E-state index in [2.05, 4.69) is 39.8 Å². The predicted octanol–water partition coefficient (Wildman–Crippen LogP) is 2.95. The molecular formula is C10H11OP. The second-order valence-corrected chi connectivity index (χ2v) is 3.16. The molecule has 1 nitrogen and oxygen atoms in total. The Hall–Kier alpha value is -0.650. The maximum Gasteiger partial charge on any atom is 0.0900 e. The van der Waals surface area contributed by atoms with Crippen LogP contribution >= 0.6 is 9.47 Å². The molecule has 2 atom stereocenters. The molecule has 12 heavy (non-hydrogen) atoms. The van der Waals surface area contributed by atoms with Crippen molar-refractivity contribution in [1.82, 2.24) is 0 Å². The summed E-state index contributed by atoms with van der Waals surface area (Å²) in [5.74, 6) is 0. The molecule has 1 aliphatic rings. The van der Waals surface area contributed by atoms with Crippen molar-refractivity contribution in [3.8, 4) is 0 Å². The molecule has 2 unspecified atom stereocenters. The van der Waals surface area contributed by atoms with Crippen molar-refractivity contribution in [3.05, 3.63) is 41.5 Å². The highest BCUT2D eigenvalue weighted by atomic mass is 31.0. The molecule has 1 aromatic carbocycles. The van der Waals surface area contributed by atoms with E-state index in [0.717, 1.165) is 6.42 Å². The van der Waals surface area contributed by atoms with E-state index in [1.165, 1.54) is 11.1 Å². The predicted molar refractivity (Wildman–Crippen MR) is 53.6 cm³/mol. The quantitative estimate of drug-likeness (QED) is 0.601. The Morgan fingerprint density at radius 3 is 3.00 bits per heavy atom. The summed E-state index contributed by atoms with van der Waals surface area (Å²) in [6.45, 7) is 0. The number of hydrogen-bond acceptors (Lipinski definition) is 1. The lowest BCUT2D eigenvalue weighted by molar-refractivity contribution is 0.248. The van der Waals surface area contributed by atoms with Crippen molar-refractivity contribution in [3.63, 3.8) is 0 Å². The zero-order valence-corrected chi connectivity index (χ0v) is 7.89. The first-order chi connectivity index (χ1) is 5.92. The van der Waals surface area contributed by atoms with Gasteiger partial charge in [-0.25, -0.2) is 0 Å². The van der Waals surface area contributed by atoms with Crippen LogP contribution in [-0.4, -0.2) is 0 Å². The first kappa shape index (κ1) is 7.97. The zero-order chi connectivity index (χ0) is 8.39. The van der Waals surface area contributed by atoms with Gasteiger partial charge in [-0.3, -0.25) is 0 Å². The third kappa shape index (κ3) is 1.31. The van der Waals surface area contributed by atoms with Crippen LogP contribution in [0.15, 0.2) is 30.3 Å². The van der Waals surface area contributed by atoms with E-state index in [4.69, 9.17) is 4.52 Å². The van der Waals surface area contributed by atoms with E-state index in [-0.39, 0.29) is 6.10 Å². The number of benzene rings is 1. The average Bonchev–Trinajstić information content (AvgIpc) is 2.17. The molecule has 0 aliphatic heterocycles. The molecule has 0 aromatic heterocycles. The van der Waals surface area contributed by atoms with Gasteiger partial charge in [0.15, 0.2) is 0 Å². The van der Waals surface area contributed by atoms with Gasteiger partial charge in [0.05, 0.1) is 6.10 Å². The van der Waals surface area contributed by atoms with Crippen molar-refractivity contribution in [2.24, 2.45) is 0 Å². The Morgan fingerprint density at radius 2 is 2.17 bits per heavy atom. The highest BCUT2D eigenvalue weighted by Gasteiger charge is 2.14. The van der Waals surface area contributed by atoms with Gasteiger partial charge in [0, 0.05) is 9.47 Å². The minimum absolute atomic E-state index is 0.219. The van der Waals surface area contributed by atoms with Gasteiger partial charge in [-0.1, -0.05) is 36.4 Å². The Kier molecular flexibility index (Phi) is 2.25. The molecule has 1 aliphatic carbocycles. The number of hydrogen-bond donors (Lipinski definition) is 0. The minimum Gasteiger partial charge on any atom is -0.357 e. The molecule has 62 valence electrons. The third-order valence-electron chi connectivity index (χ3n) is 2.15. The molecule has 0 N–H and O–H groups in total. The van der Waals surface area contributed by atoms with Gasteiger partial charge in [-0.15, -0.1) is 0 Å². The van der Waals surface area contributed by atoms with Gasteiger partial charge in [-0.05, 0) is 17.5 Å². The first-order valence-electron chi connectivity index (χ1n) is 4.03. The highest BCUT2D eigenvalue weighted by molar-refractivity contribution is 7.09. The molecule has 0 fully saturated rings.